The van der Waals surface area contributed by atoms with Crippen LogP contribution in [0.25, 0.3) is 0 Å². The highest BCUT2D eigenvalue weighted by Crippen LogP contribution is 2.56. The van der Waals surface area contributed by atoms with Crippen LogP contribution in [0.2, 0.25) is 0 Å². The molecule has 0 heterocycles. The molecule has 3 fully saturated rings. The molecule has 1 N–H and O–H groups in total. The number of aliphatic hydroxyl groups excluding tert-OH is 1. The van der Waals surface area contributed by atoms with E-state index in [2.05, 4.69) is 0 Å². The summed E-state index contributed by atoms with van der Waals surface area (Å²) in [7, 11) is -3.68. The quantitative estimate of drug-likeness (QED) is 0.846. The number of benzene rings is 1. The highest BCUT2D eigenvalue weighted by Gasteiger charge is 2.48. The minimum absolute atomic E-state index is 0.0192. The third kappa shape index (κ3) is 2.94. The average Bonchev–Trinajstić information content (AvgIpc) is 2.55. The zero-order valence-electron chi connectivity index (χ0n) is 13.0. The molecule has 0 spiro atoms. The lowest BCUT2D eigenvalue weighted by Crippen LogP contribution is -2.45. The van der Waals surface area contributed by atoms with Crippen LogP contribution in [0.3, 0.4) is 0 Å². The molecule has 0 amide bonds. The number of fused-ring (bicyclic) bond motifs is 3. The number of hydrogen-bond donors (Lipinski definition) is 1. The lowest BCUT2D eigenvalue weighted by molar-refractivity contribution is -0.0600. The van der Waals surface area contributed by atoms with E-state index in [4.69, 9.17) is 4.18 Å². The topological polar surface area (TPSA) is 63.6 Å². The largest absolute Gasteiger partial charge is 0.396 e. The van der Waals surface area contributed by atoms with Crippen LogP contribution in [0.4, 0.5) is 0 Å². The van der Waals surface area contributed by atoms with Gasteiger partial charge in [0.2, 0.25) is 0 Å². The summed E-state index contributed by atoms with van der Waals surface area (Å²) in [6, 6.07) is 6.76. The Morgan fingerprint density at radius 3 is 2.00 bits per heavy atom. The van der Waals surface area contributed by atoms with Gasteiger partial charge in [0, 0.05) is 6.61 Å². The monoisotopic (exact) mass is 324 g/mol. The van der Waals surface area contributed by atoms with E-state index >= 15 is 0 Å². The fourth-order valence-corrected chi connectivity index (χ4v) is 4.78. The van der Waals surface area contributed by atoms with E-state index < -0.39 is 10.1 Å². The fraction of sp³-hybridized carbons (Fsp3) is 0.647. The maximum absolute atomic E-state index is 12.3. The van der Waals surface area contributed by atoms with Gasteiger partial charge in [0.25, 0.3) is 10.1 Å². The Kier molecular flexibility index (Phi) is 4.08. The second kappa shape index (κ2) is 5.62. The summed E-state index contributed by atoms with van der Waals surface area (Å²) in [6.45, 7) is 2.45. The first-order valence-electron chi connectivity index (χ1n) is 7.96. The molecule has 0 radical (unpaired) electrons. The van der Waals surface area contributed by atoms with Crippen LogP contribution < -0.4 is 0 Å². The maximum Gasteiger partial charge on any atom is 0.296 e. The summed E-state index contributed by atoms with van der Waals surface area (Å²) in [5.41, 5.74) is 1.10. The molecule has 4 rings (SSSR count). The summed E-state index contributed by atoms with van der Waals surface area (Å²) in [6.07, 6.45) is 5.82. The Morgan fingerprint density at radius 1 is 1.00 bits per heavy atom. The molecule has 0 atom stereocenters. The van der Waals surface area contributed by atoms with E-state index in [1.54, 1.807) is 24.3 Å². The van der Waals surface area contributed by atoms with Gasteiger partial charge in [0.15, 0.2) is 0 Å². The molecule has 3 saturated carbocycles. The van der Waals surface area contributed by atoms with Crippen molar-refractivity contribution in [2.75, 3.05) is 13.2 Å². The van der Waals surface area contributed by atoms with Gasteiger partial charge in [-0.3, -0.25) is 4.18 Å². The van der Waals surface area contributed by atoms with Gasteiger partial charge in [0.05, 0.1) is 11.5 Å². The molecule has 3 aliphatic rings. The smallest absolute Gasteiger partial charge is 0.296 e. The predicted octanol–water partition coefficient (Wildman–Crippen LogP) is 3.03. The molecular weight excluding hydrogens is 300 g/mol. The summed E-state index contributed by atoms with van der Waals surface area (Å²) < 4.78 is 30.0. The number of aryl methyl sites for hydroxylation is 1. The number of aliphatic hydroxyl groups is 1. The van der Waals surface area contributed by atoms with E-state index in [1.807, 2.05) is 6.92 Å². The second-order valence-corrected chi connectivity index (χ2v) is 8.80. The minimum Gasteiger partial charge on any atom is -0.396 e. The van der Waals surface area contributed by atoms with Gasteiger partial charge in [-0.25, -0.2) is 0 Å². The van der Waals surface area contributed by atoms with Crippen molar-refractivity contribution in [3.05, 3.63) is 29.8 Å². The van der Waals surface area contributed by atoms with Gasteiger partial charge < -0.3 is 5.11 Å². The first kappa shape index (κ1) is 16.0. The van der Waals surface area contributed by atoms with E-state index in [0.29, 0.717) is 0 Å². The van der Waals surface area contributed by atoms with Crippen molar-refractivity contribution in [3.63, 3.8) is 0 Å². The maximum atomic E-state index is 12.3. The molecule has 0 saturated heterocycles. The Bertz CT molecular complexity index is 609. The molecular formula is C17H24O4S. The summed E-state index contributed by atoms with van der Waals surface area (Å²) in [5, 5.41) is 9.55. The molecule has 5 heteroatoms. The van der Waals surface area contributed by atoms with Crippen LogP contribution in [-0.4, -0.2) is 26.7 Å². The van der Waals surface area contributed by atoms with Gasteiger partial charge in [0.1, 0.15) is 0 Å². The van der Waals surface area contributed by atoms with Crippen molar-refractivity contribution in [1.29, 1.82) is 0 Å². The Morgan fingerprint density at radius 2 is 1.50 bits per heavy atom. The third-order valence-corrected chi connectivity index (χ3v) is 7.00. The van der Waals surface area contributed by atoms with Gasteiger partial charge in [-0.05, 0) is 68.4 Å². The van der Waals surface area contributed by atoms with Crippen LogP contribution in [0.15, 0.2) is 29.2 Å². The second-order valence-electron chi connectivity index (χ2n) is 7.19. The molecule has 22 heavy (non-hydrogen) atoms. The van der Waals surface area contributed by atoms with Crippen LogP contribution >= 0.6 is 0 Å². The molecule has 4 nitrogen and oxygen atoms in total. The highest BCUT2D eigenvalue weighted by atomic mass is 32.2. The van der Waals surface area contributed by atoms with E-state index in [1.165, 1.54) is 0 Å². The van der Waals surface area contributed by atoms with E-state index in [9.17, 15) is 13.5 Å². The lowest BCUT2D eigenvalue weighted by atomic mass is 9.54. The van der Waals surface area contributed by atoms with Crippen molar-refractivity contribution < 1.29 is 17.7 Å². The average molecular weight is 324 g/mol. The van der Waals surface area contributed by atoms with Gasteiger partial charge in [-0.2, -0.15) is 8.42 Å². The van der Waals surface area contributed by atoms with Crippen molar-refractivity contribution in [3.8, 4) is 0 Å². The summed E-state index contributed by atoms with van der Waals surface area (Å²) >= 11 is 0. The van der Waals surface area contributed by atoms with Gasteiger partial charge >= 0.3 is 0 Å². The molecule has 1 aromatic rings. The van der Waals surface area contributed by atoms with Gasteiger partial charge in [-0.15, -0.1) is 0 Å². The molecule has 0 aromatic heterocycles. The van der Waals surface area contributed by atoms with Crippen LogP contribution in [-0.2, 0) is 14.3 Å². The Labute approximate surface area is 132 Å². The SMILES string of the molecule is Cc1ccc(S(=O)(=O)OCC23CCC(CO)(CC2)CC3)cc1. The minimum atomic E-state index is -3.68. The molecule has 1 aromatic carbocycles. The fourth-order valence-electron chi connectivity index (χ4n) is 3.77. The first-order valence-corrected chi connectivity index (χ1v) is 9.37. The normalized spacial score (nSPS) is 31.4. The highest BCUT2D eigenvalue weighted by molar-refractivity contribution is 7.86. The molecule has 0 aliphatic heterocycles. The van der Waals surface area contributed by atoms with Crippen LogP contribution in [0.1, 0.15) is 44.1 Å². The van der Waals surface area contributed by atoms with E-state index in [-0.39, 0.29) is 28.9 Å². The van der Waals surface area contributed by atoms with Crippen molar-refractivity contribution in [2.24, 2.45) is 10.8 Å². The predicted molar refractivity (Wildman–Crippen MR) is 84.0 cm³/mol. The Hall–Kier alpha value is -0.910. The molecule has 0 unspecified atom stereocenters. The summed E-state index contributed by atoms with van der Waals surface area (Å²) in [4.78, 5) is 0.228. The van der Waals surface area contributed by atoms with Crippen molar-refractivity contribution in [2.45, 2.75) is 50.3 Å². The third-order valence-electron chi connectivity index (χ3n) is 5.72. The number of rotatable bonds is 5. The molecule has 122 valence electrons. The standard InChI is InChI=1S/C17H24O4S/c1-14-2-4-15(5-3-14)22(19,20)21-13-17-9-6-16(12-18,7-10-17)8-11-17/h2-5,18H,6-13H2,1H3. The molecule has 3 aliphatic carbocycles. The van der Waals surface area contributed by atoms with Crippen molar-refractivity contribution >= 4 is 10.1 Å². The zero-order chi connectivity index (χ0) is 15.8. The van der Waals surface area contributed by atoms with Crippen LogP contribution in [0, 0.1) is 17.8 Å². The molecule has 2 bridgehead atoms. The lowest BCUT2D eigenvalue weighted by Gasteiger charge is -2.52. The Balaban J connectivity index is 1.66. The number of hydrogen-bond acceptors (Lipinski definition) is 4. The van der Waals surface area contributed by atoms with Gasteiger partial charge in [-0.1, -0.05) is 17.7 Å². The van der Waals surface area contributed by atoms with Crippen LogP contribution in [0.5, 0.6) is 0 Å². The first-order chi connectivity index (χ1) is 10.4. The van der Waals surface area contributed by atoms with E-state index in [0.717, 1.165) is 44.1 Å². The van der Waals surface area contributed by atoms with Crippen molar-refractivity contribution in [1.82, 2.24) is 0 Å². The zero-order valence-corrected chi connectivity index (χ0v) is 13.9. The summed E-state index contributed by atoms with van der Waals surface area (Å²) in [5.74, 6) is 0.